The van der Waals surface area contributed by atoms with Gasteiger partial charge < -0.3 is 10.6 Å². The molecule has 0 bridgehead atoms. The average molecular weight is 279 g/mol. The fraction of sp³-hybridized carbons (Fsp3) is 0.0833. The normalized spacial score (nSPS) is 10.0. The Labute approximate surface area is 114 Å². The Balaban J connectivity index is 2.06. The van der Waals surface area contributed by atoms with Gasteiger partial charge in [-0.25, -0.2) is 0 Å². The number of nitrogens with zero attached hydrogens (tertiary/aromatic N) is 1. The first kappa shape index (κ1) is 13.1. The molecule has 0 saturated carbocycles. The van der Waals surface area contributed by atoms with E-state index in [9.17, 15) is 9.59 Å². The Kier molecular flexibility index (Phi) is 3.82. The van der Waals surface area contributed by atoms with Crippen molar-refractivity contribution < 1.29 is 9.59 Å². The number of hydrogen-bond acceptors (Lipinski definition) is 3. The van der Waals surface area contributed by atoms with Gasteiger partial charge in [-0.3, -0.25) is 14.7 Å². The van der Waals surface area contributed by atoms with E-state index in [0.29, 0.717) is 11.4 Å². The molecule has 0 fully saturated rings. The summed E-state index contributed by atoms with van der Waals surface area (Å²) in [7, 11) is 0. The molecule has 6 nitrogen and oxygen atoms in total. The highest BCUT2D eigenvalue weighted by Crippen LogP contribution is 2.16. The number of anilines is 2. The van der Waals surface area contributed by atoms with Crippen LogP contribution in [-0.4, -0.2) is 22.0 Å². The van der Waals surface area contributed by atoms with Crippen LogP contribution in [0.5, 0.6) is 0 Å². The van der Waals surface area contributed by atoms with Crippen LogP contribution < -0.4 is 10.6 Å². The van der Waals surface area contributed by atoms with Crippen LogP contribution in [0, 0.1) is 0 Å². The Bertz CT molecular complexity index is 606. The van der Waals surface area contributed by atoms with E-state index in [1.165, 1.54) is 13.1 Å². The van der Waals surface area contributed by atoms with Crippen molar-refractivity contribution in [2.75, 3.05) is 10.6 Å². The summed E-state index contributed by atoms with van der Waals surface area (Å²) in [5.41, 5.74) is 1.45. The first-order chi connectivity index (χ1) is 9.06. The summed E-state index contributed by atoms with van der Waals surface area (Å²) >= 11 is 5.78. The topological polar surface area (TPSA) is 86.9 Å². The molecule has 0 saturated heterocycles. The second kappa shape index (κ2) is 5.53. The molecule has 2 amide bonds. The zero-order valence-electron chi connectivity index (χ0n) is 10.0. The van der Waals surface area contributed by atoms with E-state index in [0.717, 1.165) is 0 Å². The summed E-state index contributed by atoms with van der Waals surface area (Å²) in [5, 5.41) is 11.7. The molecule has 1 heterocycles. The lowest BCUT2D eigenvalue weighted by molar-refractivity contribution is -0.114. The predicted molar refractivity (Wildman–Crippen MR) is 72.3 cm³/mol. The molecule has 1 aromatic heterocycles. The van der Waals surface area contributed by atoms with Crippen LogP contribution in [0.2, 0.25) is 5.02 Å². The quantitative estimate of drug-likeness (QED) is 0.805. The van der Waals surface area contributed by atoms with Crippen molar-refractivity contribution in [3.05, 3.63) is 41.2 Å². The third-order valence-corrected chi connectivity index (χ3v) is 2.57. The first-order valence-corrected chi connectivity index (χ1v) is 5.82. The molecule has 3 N–H and O–H groups in total. The van der Waals surface area contributed by atoms with Crippen molar-refractivity contribution in [1.82, 2.24) is 10.2 Å². The maximum Gasteiger partial charge on any atom is 0.275 e. The zero-order chi connectivity index (χ0) is 13.8. The molecule has 0 aliphatic rings. The molecule has 1 aromatic carbocycles. The van der Waals surface area contributed by atoms with Crippen LogP contribution in [0.15, 0.2) is 30.5 Å². The maximum atomic E-state index is 11.8. The highest BCUT2D eigenvalue weighted by Gasteiger charge is 2.12. The average Bonchev–Trinajstić information content (AvgIpc) is 2.77. The standard InChI is InChI=1S/C12H11ClN4O2/c1-7(18)15-8-2-4-9(5-3-8)16-12(19)11-10(13)6-14-17-11/h2-6H,1H3,(H,14,17)(H,15,18)(H,16,19). The van der Waals surface area contributed by atoms with Crippen LogP contribution in [-0.2, 0) is 4.79 Å². The maximum absolute atomic E-state index is 11.8. The van der Waals surface area contributed by atoms with Crippen molar-refractivity contribution >= 4 is 34.8 Å². The Morgan fingerprint density at radius 2 is 1.74 bits per heavy atom. The van der Waals surface area contributed by atoms with Gasteiger partial charge in [-0.15, -0.1) is 0 Å². The molecule has 0 radical (unpaired) electrons. The van der Waals surface area contributed by atoms with Crippen LogP contribution >= 0.6 is 11.6 Å². The number of hydrogen-bond donors (Lipinski definition) is 3. The first-order valence-electron chi connectivity index (χ1n) is 5.44. The molecular formula is C12H11ClN4O2. The molecule has 0 aliphatic heterocycles. The fourth-order valence-electron chi connectivity index (χ4n) is 1.46. The minimum absolute atomic E-state index is 0.152. The highest BCUT2D eigenvalue weighted by atomic mass is 35.5. The molecule has 2 rings (SSSR count). The van der Waals surface area contributed by atoms with E-state index in [4.69, 9.17) is 11.6 Å². The minimum Gasteiger partial charge on any atom is -0.326 e. The van der Waals surface area contributed by atoms with Gasteiger partial charge in [0.2, 0.25) is 5.91 Å². The summed E-state index contributed by atoms with van der Waals surface area (Å²) in [4.78, 5) is 22.7. The minimum atomic E-state index is -0.380. The number of nitrogens with one attached hydrogen (secondary N) is 3. The highest BCUT2D eigenvalue weighted by molar-refractivity contribution is 6.34. The van der Waals surface area contributed by atoms with E-state index in [2.05, 4.69) is 20.8 Å². The van der Waals surface area contributed by atoms with Crippen LogP contribution in [0.1, 0.15) is 17.4 Å². The fourth-order valence-corrected chi connectivity index (χ4v) is 1.64. The monoisotopic (exact) mass is 278 g/mol. The van der Waals surface area contributed by atoms with Gasteiger partial charge in [0.15, 0.2) is 0 Å². The van der Waals surface area contributed by atoms with E-state index in [1.54, 1.807) is 24.3 Å². The van der Waals surface area contributed by atoms with Gasteiger partial charge in [0, 0.05) is 18.3 Å². The Morgan fingerprint density at radius 1 is 1.16 bits per heavy atom. The predicted octanol–water partition coefficient (Wildman–Crippen LogP) is 2.27. The third kappa shape index (κ3) is 3.32. The molecule has 0 spiro atoms. The molecule has 7 heteroatoms. The second-order valence-electron chi connectivity index (χ2n) is 3.81. The van der Waals surface area contributed by atoms with Gasteiger partial charge in [-0.1, -0.05) is 11.6 Å². The summed E-state index contributed by atoms with van der Waals surface area (Å²) in [5.74, 6) is -0.532. The molecular weight excluding hydrogens is 268 g/mol. The van der Waals surface area contributed by atoms with Gasteiger partial charge >= 0.3 is 0 Å². The zero-order valence-corrected chi connectivity index (χ0v) is 10.8. The molecule has 0 aliphatic carbocycles. The van der Waals surface area contributed by atoms with Crippen molar-refractivity contribution in [2.24, 2.45) is 0 Å². The van der Waals surface area contributed by atoms with Gasteiger partial charge in [0.05, 0.1) is 11.2 Å². The lowest BCUT2D eigenvalue weighted by atomic mass is 10.2. The Hall–Kier alpha value is -2.34. The largest absolute Gasteiger partial charge is 0.326 e. The number of aromatic amines is 1. The van der Waals surface area contributed by atoms with Gasteiger partial charge in [0.1, 0.15) is 5.69 Å². The Morgan fingerprint density at radius 3 is 2.21 bits per heavy atom. The van der Waals surface area contributed by atoms with Gasteiger partial charge in [-0.05, 0) is 24.3 Å². The molecule has 0 unspecified atom stereocenters. The van der Waals surface area contributed by atoms with Crippen molar-refractivity contribution in [1.29, 1.82) is 0 Å². The van der Waals surface area contributed by atoms with E-state index in [1.807, 2.05) is 0 Å². The molecule has 0 atom stereocenters. The lowest BCUT2D eigenvalue weighted by Gasteiger charge is -2.06. The molecule has 19 heavy (non-hydrogen) atoms. The van der Waals surface area contributed by atoms with Crippen LogP contribution in [0.4, 0.5) is 11.4 Å². The van der Waals surface area contributed by atoms with Crippen LogP contribution in [0.3, 0.4) is 0 Å². The van der Waals surface area contributed by atoms with E-state index in [-0.39, 0.29) is 22.5 Å². The van der Waals surface area contributed by atoms with E-state index >= 15 is 0 Å². The number of aromatic nitrogens is 2. The third-order valence-electron chi connectivity index (χ3n) is 2.28. The number of rotatable bonds is 3. The number of benzene rings is 1. The number of H-pyrrole nitrogens is 1. The van der Waals surface area contributed by atoms with Crippen molar-refractivity contribution in [3.63, 3.8) is 0 Å². The summed E-state index contributed by atoms with van der Waals surface area (Å²) in [6.45, 7) is 1.43. The van der Waals surface area contributed by atoms with Gasteiger partial charge in [0.25, 0.3) is 5.91 Å². The number of halogens is 1. The summed E-state index contributed by atoms with van der Waals surface area (Å²) in [6, 6.07) is 6.72. The van der Waals surface area contributed by atoms with Gasteiger partial charge in [-0.2, -0.15) is 5.10 Å². The number of carbonyl (C=O) groups is 2. The van der Waals surface area contributed by atoms with E-state index < -0.39 is 0 Å². The van der Waals surface area contributed by atoms with Crippen molar-refractivity contribution in [3.8, 4) is 0 Å². The molecule has 98 valence electrons. The van der Waals surface area contributed by atoms with Crippen LogP contribution in [0.25, 0.3) is 0 Å². The summed E-state index contributed by atoms with van der Waals surface area (Å²) < 4.78 is 0. The number of carbonyl (C=O) groups excluding carboxylic acids is 2. The smallest absolute Gasteiger partial charge is 0.275 e. The summed E-state index contributed by atoms with van der Waals surface area (Å²) in [6.07, 6.45) is 1.36. The lowest BCUT2D eigenvalue weighted by Crippen LogP contribution is -2.13. The molecule has 2 aromatic rings. The SMILES string of the molecule is CC(=O)Nc1ccc(NC(=O)c2[nH]ncc2Cl)cc1. The second-order valence-corrected chi connectivity index (χ2v) is 4.21. The number of amides is 2. The van der Waals surface area contributed by atoms with Crippen molar-refractivity contribution in [2.45, 2.75) is 6.92 Å².